The maximum Gasteiger partial charge on any atom is 0.185 e. The Hall–Kier alpha value is -4.37. The number of carbonyl (C=O) groups is 1. The Labute approximate surface area is 254 Å². The number of aryl methyl sites for hydroxylation is 2. The zero-order valence-electron chi connectivity index (χ0n) is 25.8. The van der Waals surface area contributed by atoms with Gasteiger partial charge in [-0.2, -0.15) is 0 Å². The SMILES string of the molecule is CCC(=C1CCCC(=C(CC)c2cccc3c4ccccc4n(CC)c23)C1=O)c1cccc2c3ccccc3n(CC)c12. The molecule has 0 aliphatic heterocycles. The molecule has 4 aromatic carbocycles. The second kappa shape index (κ2) is 11.0. The van der Waals surface area contributed by atoms with Crippen molar-refractivity contribution >= 4 is 60.5 Å². The number of nitrogens with zero attached hydrogens (tertiary/aromatic N) is 2. The van der Waals surface area contributed by atoms with Crippen LogP contribution in [0, 0.1) is 0 Å². The fourth-order valence-corrected chi connectivity index (χ4v) is 7.92. The summed E-state index contributed by atoms with van der Waals surface area (Å²) in [5.74, 6) is 0.257. The Morgan fingerprint density at radius 3 is 1.40 bits per heavy atom. The first-order chi connectivity index (χ1) is 21.1. The first-order valence-electron chi connectivity index (χ1n) is 16.1. The van der Waals surface area contributed by atoms with Crippen LogP contribution in [0.25, 0.3) is 54.8 Å². The number of hydrogen-bond acceptors (Lipinski definition) is 1. The summed E-state index contributed by atoms with van der Waals surface area (Å²) in [5, 5.41) is 5.11. The van der Waals surface area contributed by atoms with Crippen molar-refractivity contribution in [2.75, 3.05) is 0 Å². The molecule has 2 aromatic heterocycles. The van der Waals surface area contributed by atoms with Gasteiger partial charge in [0.2, 0.25) is 0 Å². The Morgan fingerprint density at radius 2 is 0.977 bits per heavy atom. The lowest BCUT2D eigenvalue weighted by Gasteiger charge is -2.24. The normalized spacial score (nSPS) is 16.6. The lowest BCUT2D eigenvalue weighted by Crippen LogP contribution is -2.16. The number of para-hydroxylation sites is 4. The zero-order valence-corrected chi connectivity index (χ0v) is 25.8. The summed E-state index contributed by atoms with van der Waals surface area (Å²) in [4.78, 5) is 14.7. The summed E-state index contributed by atoms with van der Waals surface area (Å²) in [6.07, 6.45) is 4.35. The van der Waals surface area contributed by atoms with Gasteiger partial charge in [-0.05, 0) is 69.2 Å². The average molecular weight is 565 g/mol. The molecular weight excluding hydrogens is 524 g/mol. The van der Waals surface area contributed by atoms with Crippen LogP contribution in [-0.4, -0.2) is 14.9 Å². The van der Waals surface area contributed by atoms with Crippen molar-refractivity contribution in [3.63, 3.8) is 0 Å². The van der Waals surface area contributed by atoms with Crippen molar-refractivity contribution in [3.8, 4) is 0 Å². The van der Waals surface area contributed by atoms with Crippen LogP contribution in [0.4, 0.5) is 0 Å². The van der Waals surface area contributed by atoms with Gasteiger partial charge in [-0.3, -0.25) is 4.79 Å². The lowest BCUT2D eigenvalue weighted by atomic mass is 9.79. The van der Waals surface area contributed by atoms with E-state index in [0.717, 1.165) is 56.3 Å². The predicted molar refractivity (Wildman–Crippen MR) is 184 cm³/mol. The number of ketones is 1. The van der Waals surface area contributed by atoms with E-state index in [1.165, 1.54) is 65.9 Å². The van der Waals surface area contributed by atoms with Crippen molar-refractivity contribution in [3.05, 3.63) is 107 Å². The highest BCUT2D eigenvalue weighted by Gasteiger charge is 2.28. The summed E-state index contributed by atoms with van der Waals surface area (Å²) in [5.41, 5.74) is 11.9. The molecule has 1 saturated carbocycles. The van der Waals surface area contributed by atoms with E-state index in [4.69, 9.17) is 0 Å². The molecule has 0 saturated heterocycles. The van der Waals surface area contributed by atoms with Crippen LogP contribution in [0.5, 0.6) is 0 Å². The fourth-order valence-electron chi connectivity index (χ4n) is 7.92. The highest BCUT2D eigenvalue weighted by Crippen LogP contribution is 2.42. The van der Waals surface area contributed by atoms with Crippen molar-refractivity contribution in [2.24, 2.45) is 0 Å². The van der Waals surface area contributed by atoms with Crippen molar-refractivity contribution in [2.45, 2.75) is 72.9 Å². The minimum Gasteiger partial charge on any atom is -0.340 e. The minimum atomic E-state index is 0.257. The summed E-state index contributed by atoms with van der Waals surface area (Å²) in [6, 6.07) is 30.7. The molecule has 7 rings (SSSR count). The fraction of sp³-hybridized carbons (Fsp3) is 0.275. The van der Waals surface area contributed by atoms with E-state index >= 15 is 0 Å². The first kappa shape index (κ1) is 27.5. The second-order valence-corrected chi connectivity index (χ2v) is 11.7. The molecule has 1 fully saturated rings. The van der Waals surface area contributed by atoms with Gasteiger partial charge in [0.15, 0.2) is 5.78 Å². The third-order valence-electron chi connectivity index (χ3n) is 9.70. The summed E-state index contributed by atoms with van der Waals surface area (Å²) >= 11 is 0. The van der Waals surface area contributed by atoms with Crippen molar-refractivity contribution < 1.29 is 4.79 Å². The van der Waals surface area contributed by atoms with Gasteiger partial charge in [0.1, 0.15) is 0 Å². The summed E-state index contributed by atoms with van der Waals surface area (Å²) in [6.45, 7) is 10.7. The standard InChI is InChI=1S/C40H40N2O/c1-5-26(30-18-13-20-32-28-16-9-11-24-36(28)41(7-3)38(30)32)34-22-15-23-35(40(34)43)27(6-2)31-19-14-21-33-29-17-10-12-25-37(29)42(8-4)39(31)33/h9-14,16-21,24-25H,5-8,15,22-23H2,1-4H3. The van der Waals surface area contributed by atoms with Crippen LogP contribution < -0.4 is 0 Å². The van der Waals surface area contributed by atoms with Crippen LogP contribution in [0.3, 0.4) is 0 Å². The Balaban J connectivity index is 1.46. The third kappa shape index (κ3) is 4.12. The van der Waals surface area contributed by atoms with Crippen LogP contribution in [-0.2, 0) is 17.9 Å². The van der Waals surface area contributed by atoms with E-state index in [9.17, 15) is 4.79 Å². The Kier molecular flexibility index (Phi) is 7.05. The van der Waals surface area contributed by atoms with E-state index in [0.29, 0.717) is 0 Å². The van der Waals surface area contributed by atoms with Gasteiger partial charge < -0.3 is 9.13 Å². The van der Waals surface area contributed by atoms with Crippen LogP contribution in [0.15, 0.2) is 96.1 Å². The summed E-state index contributed by atoms with van der Waals surface area (Å²) in [7, 11) is 0. The van der Waals surface area contributed by atoms with Gasteiger partial charge in [0.25, 0.3) is 0 Å². The van der Waals surface area contributed by atoms with E-state index in [2.05, 4.69) is 122 Å². The monoisotopic (exact) mass is 564 g/mol. The highest BCUT2D eigenvalue weighted by atomic mass is 16.1. The molecule has 6 aromatic rings. The molecule has 216 valence electrons. The van der Waals surface area contributed by atoms with Crippen LogP contribution >= 0.6 is 0 Å². The molecule has 2 heterocycles. The molecule has 0 amide bonds. The zero-order chi connectivity index (χ0) is 29.7. The van der Waals surface area contributed by atoms with Gasteiger partial charge in [0.05, 0.1) is 11.0 Å². The van der Waals surface area contributed by atoms with E-state index in [1.54, 1.807) is 0 Å². The molecule has 0 bridgehead atoms. The number of hydrogen-bond donors (Lipinski definition) is 0. The maximum atomic E-state index is 14.7. The molecule has 43 heavy (non-hydrogen) atoms. The Bertz CT molecular complexity index is 1960. The number of aromatic nitrogens is 2. The number of benzene rings is 4. The quantitative estimate of drug-likeness (QED) is 0.185. The van der Waals surface area contributed by atoms with Crippen molar-refractivity contribution in [1.29, 1.82) is 0 Å². The number of carbonyl (C=O) groups excluding carboxylic acids is 1. The molecule has 1 aliphatic carbocycles. The van der Waals surface area contributed by atoms with Gasteiger partial charge in [-0.1, -0.05) is 86.6 Å². The van der Waals surface area contributed by atoms with E-state index in [1.807, 2.05) is 0 Å². The van der Waals surface area contributed by atoms with Crippen LogP contribution in [0.1, 0.15) is 70.9 Å². The smallest absolute Gasteiger partial charge is 0.185 e. The first-order valence-corrected chi connectivity index (χ1v) is 16.1. The van der Waals surface area contributed by atoms with Gasteiger partial charge in [-0.25, -0.2) is 0 Å². The van der Waals surface area contributed by atoms with Gasteiger partial charge in [-0.15, -0.1) is 0 Å². The van der Waals surface area contributed by atoms with Crippen LogP contribution in [0.2, 0.25) is 0 Å². The third-order valence-corrected chi connectivity index (χ3v) is 9.70. The lowest BCUT2D eigenvalue weighted by molar-refractivity contribution is -0.112. The number of fused-ring (bicyclic) bond motifs is 6. The Morgan fingerprint density at radius 1 is 0.558 bits per heavy atom. The number of Topliss-reactive ketones (excluding diaryl/α,β-unsaturated/α-hetero) is 1. The largest absolute Gasteiger partial charge is 0.340 e. The topological polar surface area (TPSA) is 26.9 Å². The van der Waals surface area contributed by atoms with E-state index in [-0.39, 0.29) is 5.78 Å². The average Bonchev–Trinajstić information content (AvgIpc) is 3.56. The molecular formula is C40H40N2O. The molecule has 3 heteroatoms. The second-order valence-electron chi connectivity index (χ2n) is 11.7. The molecule has 1 aliphatic rings. The molecule has 0 spiro atoms. The minimum absolute atomic E-state index is 0.257. The molecule has 0 unspecified atom stereocenters. The number of rotatable bonds is 6. The van der Waals surface area contributed by atoms with Gasteiger partial charge in [0, 0.05) is 67.9 Å². The molecule has 3 nitrogen and oxygen atoms in total. The van der Waals surface area contributed by atoms with Gasteiger partial charge >= 0.3 is 0 Å². The number of allylic oxidation sites excluding steroid dienone is 4. The van der Waals surface area contributed by atoms with E-state index < -0.39 is 0 Å². The molecule has 0 N–H and O–H groups in total. The summed E-state index contributed by atoms with van der Waals surface area (Å²) < 4.78 is 4.87. The predicted octanol–water partition coefficient (Wildman–Crippen LogP) is 10.7. The highest BCUT2D eigenvalue weighted by molar-refractivity contribution is 6.20. The maximum absolute atomic E-state index is 14.7. The van der Waals surface area contributed by atoms with Crippen molar-refractivity contribution in [1.82, 2.24) is 9.13 Å². The molecule has 0 atom stereocenters. The molecule has 0 radical (unpaired) electrons.